The minimum absolute atomic E-state index is 0.0571. The normalized spacial score (nSPS) is 15.3. The summed E-state index contributed by atoms with van der Waals surface area (Å²) < 4.78 is 1.74. The minimum Gasteiger partial charge on any atom is -0.328 e. The number of nitrogens with one attached hydrogen (secondary N) is 3. The number of hydrogen-bond donors (Lipinski definition) is 3. The summed E-state index contributed by atoms with van der Waals surface area (Å²) >= 11 is 0. The van der Waals surface area contributed by atoms with E-state index in [0.717, 1.165) is 25.7 Å². The average molecular weight is 370 g/mol. The number of carbonyl (C=O) groups is 2. The number of aryl methyl sites for hydroxylation is 1. The van der Waals surface area contributed by atoms with Gasteiger partial charge >= 0.3 is 6.03 Å². The molecule has 1 atom stereocenters. The van der Waals surface area contributed by atoms with Gasteiger partial charge in [0.1, 0.15) is 12.2 Å². The summed E-state index contributed by atoms with van der Waals surface area (Å²) in [4.78, 5) is 28.7. The number of hydrogen-bond acceptors (Lipinski definition) is 4. The fraction of sp³-hybridized carbons (Fsp3) is 0.474. The second-order valence-electron chi connectivity index (χ2n) is 6.81. The molecule has 1 heterocycles. The number of aromatic nitrogens is 3. The lowest BCUT2D eigenvalue weighted by Gasteiger charge is -2.15. The van der Waals surface area contributed by atoms with Crippen molar-refractivity contribution in [2.45, 2.75) is 52.1 Å². The van der Waals surface area contributed by atoms with Crippen LogP contribution >= 0.6 is 0 Å². The maximum atomic E-state index is 12.3. The predicted octanol–water partition coefficient (Wildman–Crippen LogP) is 3.31. The third kappa shape index (κ3) is 4.84. The molecule has 1 aliphatic carbocycles. The van der Waals surface area contributed by atoms with E-state index in [9.17, 15) is 9.59 Å². The summed E-state index contributed by atoms with van der Waals surface area (Å²) in [7, 11) is 0. The molecule has 8 nitrogen and oxygen atoms in total. The van der Waals surface area contributed by atoms with Gasteiger partial charge in [-0.3, -0.25) is 4.79 Å². The third-order valence-electron chi connectivity index (χ3n) is 4.79. The first-order valence-corrected chi connectivity index (χ1v) is 9.43. The van der Waals surface area contributed by atoms with Crippen LogP contribution in [-0.4, -0.2) is 26.7 Å². The smallest absolute Gasteiger partial charge is 0.319 e. The first-order chi connectivity index (χ1) is 13.1. The zero-order chi connectivity index (χ0) is 19.2. The van der Waals surface area contributed by atoms with Gasteiger partial charge in [0, 0.05) is 23.8 Å². The number of carbonyl (C=O) groups excluding carboxylic acids is 2. The highest BCUT2D eigenvalue weighted by Gasteiger charge is 2.22. The standard InChI is InChI=1S/C19H26N6O2/c1-3-25-17(20-12-21-25)13(2)22-19(27)24-16-10-6-9-15(11-16)23-18(26)14-7-4-5-8-14/h6,9-14H,3-5,7-8H2,1-2H3,(H,23,26)(H2,22,24,27)/t13-/m1/s1. The van der Waals surface area contributed by atoms with Crippen molar-refractivity contribution in [3.05, 3.63) is 36.4 Å². The Kier molecular flexibility index (Phi) is 6.05. The highest BCUT2D eigenvalue weighted by Crippen LogP contribution is 2.26. The van der Waals surface area contributed by atoms with Gasteiger partial charge in [-0.1, -0.05) is 18.9 Å². The van der Waals surface area contributed by atoms with Gasteiger partial charge in [0.25, 0.3) is 0 Å². The Morgan fingerprint density at radius 2 is 1.93 bits per heavy atom. The number of nitrogens with zero attached hydrogens (tertiary/aromatic N) is 3. The second-order valence-corrected chi connectivity index (χ2v) is 6.81. The van der Waals surface area contributed by atoms with Gasteiger partial charge in [0.15, 0.2) is 0 Å². The van der Waals surface area contributed by atoms with Crippen LogP contribution in [-0.2, 0) is 11.3 Å². The topological polar surface area (TPSA) is 101 Å². The van der Waals surface area contributed by atoms with Gasteiger partial charge in [-0.25, -0.2) is 14.5 Å². The quantitative estimate of drug-likeness (QED) is 0.726. The van der Waals surface area contributed by atoms with Crippen LogP contribution in [0.4, 0.5) is 16.2 Å². The molecule has 1 aliphatic rings. The molecule has 0 bridgehead atoms. The molecule has 0 saturated heterocycles. The van der Waals surface area contributed by atoms with Crippen LogP contribution < -0.4 is 16.0 Å². The van der Waals surface area contributed by atoms with Crippen LogP contribution in [0.5, 0.6) is 0 Å². The van der Waals surface area contributed by atoms with E-state index in [2.05, 4.69) is 26.0 Å². The molecule has 3 rings (SSSR count). The van der Waals surface area contributed by atoms with Crippen molar-refractivity contribution in [2.24, 2.45) is 5.92 Å². The van der Waals surface area contributed by atoms with E-state index in [1.807, 2.05) is 19.9 Å². The summed E-state index contributed by atoms with van der Waals surface area (Å²) in [5.74, 6) is 0.855. The van der Waals surface area contributed by atoms with E-state index in [1.165, 1.54) is 6.33 Å². The SMILES string of the molecule is CCn1ncnc1[C@@H](C)NC(=O)Nc1cccc(NC(=O)C2CCCC2)c1. The molecular formula is C19H26N6O2. The van der Waals surface area contributed by atoms with Crippen LogP contribution in [0.3, 0.4) is 0 Å². The van der Waals surface area contributed by atoms with Gasteiger partial charge in [-0.05, 0) is 44.9 Å². The molecule has 144 valence electrons. The fourth-order valence-electron chi connectivity index (χ4n) is 3.39. The average Bonchev–Trinajstić information content (AvgIpc) is 3.33. The molecule has 0 unspecified atom stereocenters. The van der Waals surface area contributed by atoms with Crippen LogP contribution in [0.1, 0.15) is 51.4 Å². The molecule has 3 amide bonds. The Balaban J connectivity index is 1.57. The van der Waals surface area contributed by atoms with Crippen molar-refractivity contribution in [3.8, 4) is 0 Å². The molecule has 0 spiro atoms. The lowest BCUT2D eigenvalue weighted by molar-refractivity contribution is -0.119. The molecule has 0 radical (unpaired) electrons. The lowest BCUT2D eigenvalue weighted by Crippen LogP contribution is -2.32. The molecule has 8 heteroatoms. The highest BCUT2D eigenvalue weighted by molar-refractivity contribution is 5.94. The van der Waals surface area contributed by atoms with Gasteiger partial charge in [0.2, 0.25) is 5.91 Å². The summed E-state index contributed by atoms with van der Waals surface area (Å²) in [5, 5.41) is 12.7. The van der Waals surface area contributed by atoms with Crippen molar-refractivity contribution < 1.29 is 9.59 Å². The first-order valence-electron chi connectivity index (χ1n) is 9.43. The Morgan fingerprint density at radius 3 is 2.63 bits per heavy atom. The molecule has 0 aliphatic heterocycles. The molecule has 1 saturated carbocycles. The predicted molar refractivity (Wildman–Crippen MR) is 103 cm³/mol. The monoisotopic (exact) mass is 370 g/mol. The fourth-order valence-corrected chi connectivity index (χ4v) is 3.39. The molecule has 27 heavy (non-hydrogen) atoms. The van der Waals surface area contributed by atoms with Gasteiger partial charge in [-0.2, -0.15) is 5.10 Å². The number of benzene rings is 1. The van der Waals surface area contributed by atoms with E-state index in [1.54, 1.807) is 22.9 Å². The second kappa shape index (κ2) is 8.66. The Bertz CT molecular complexity index is 797. The number of urea groups is 1. The van der Waals surface area contributed by atoms with Gasteiger partial charge < -0.3 is 16.0 Å². The highest BCUT2D eigenvalue weighted by atomic mass is 16.2. The molecular weight excluding hydrogens is 344 g/mol. The summed E-state index contributed by atoms with van der Waals surface area (Å²) in [6, 6.07) is 6.54. The Labute approximate surface area is 158 Å². The zero-order valence-corrected chi connectivity index (χ0v) is 15.7. The van der Waals surface area contributed by atoms with Crippen molar-refractivity contribution in [1.82, 2.24) is 20.1 Å². The molecule has 1 aromatic carbocycles. The Hall–Kier alpha value is -2.90. The van der Waals surface area contributed by atoms with Crippen LogP contribution in [0.2, 0.25) is 0 Å². The van der Waals surface area contributed by atoms with Crippen LogP contribution in [0.15, 0.2) is 30.6 Å². The van der Waals surface area contributed by atoms with Crippen molar-refractivity contribution >= 4 is 23.3 Å². The van der Waals surface area contributed by atoms with Crippen molar-refractivity contribution in [3.63, 3.8) is 0 Å². The largest absolute Gasteiger partial charge is 0.328 e. The Morgan fingerprint density at radius 1 is 1.22 bits per heavy atom. The van der Waals surface area contributed by atoms with Crippen molar-refractivity contribution in [1.29, 1.82) is 0 Å². The summed E-state index contributed by atoms with van der Waals surface area (Å²) in [6.45, 7) is 4.51. The molecule has 2 aromatic rings. The number of anilines is 2. The first kappa shape index (κ1) is 18.9. The maximum Gasteiger partial charge on any atom is 0.319 e. The van der Waals surface area contributed by atoms with E-state index in [-0.39, 0.29) is 23.9 Å². The third-order valence-corrected chi connectivity index (χ3v) is 4.79. The van der Waals surface area contributed by atoms with Gasteiger partial charge in [0.05, 0.1) is 6.04 Å². The van der Waals surface area contributed by atoms with Crippen LogP contribution in [0.25, 0.3) is 0 Å². The molecule has 1 aromatic heterocycles. The number of rotatable bonds is 6. The van der Waals surface area contributed by atoms with Gasteiger partial charge in [-0.15, -0.1) is 0 Å². The van der Waals surface area contributed by atoms with E-state index in [4.69, 9.17) is 0 Å². The molecule has 3 N–H and O–H groups in total. The lowest BCUT2D eigenvalue weighted by atomic mass is 10.1. The zero-order valence-electron chi connectivity index (χ0n) is 15.7. The summed E-state index contributed by atoms with van der Waals surface area (Å²) in [5.41, 5.74) is 1.30. The minimum atomic E-state index is -0.340. The van der Waals surface area contributed by atoms with Crippen molar-refractivity contribution in [2.75, 3.05) is 10.6 Å². The van der Waals surface area contributed by atoms with E-state index in [0.29, 0.717) is 23.7 Å². The number of amides is 3. The molecule has 1 fully saturated rings. The van der Waals surface area contributed by atoms with E-state index < -0.39 is 0 Å². The van der Waals surface area contributed by atoms with Crippen LogP contribution in [0, 0.1) is 5.92 Å². The summed E-state index contributed by atoms with van der Waals surface area (Å²) in [6.07, 6.45) is 5.61. The maximum absolute atomic E-state index is 12.3. The van der Waals surface area contributed by atoms with E-state index >= 15 is 0 Å².